The number of aromatic nitrogens is 1. The Morgan fingerprint density at radius 3 is 2.50 bits per heavy atom. The highest BCUT2D eigenvalue weighted by atomic mass is 16.5. The maximum Gasteiger partial charge on any atom is 0.270 e. The van der Waals surface area contributed by atoms with Gasteiger partial charge in [0.1, 0.15) is 11.4 Å². The summed E-state index contributed by atoms with van der Waals surface area (Å²) in [4.78, 5) is 45.9. The molecular weight excluding hydrogens is 432 g/mol. The molecule has 1 aromatic heterocycles. The van der Waals surface area contributed by atoms with Crippen molar-refractivity contribution in [2.45, 2.75) is 26.0 Å². The lowest BCUT2D eigenvalue weighted by Gasteiger charge is -2.40. The fourth-order valence-corrected chi connectivity index (χ4v) is 4.29. The number of rotatable bonds is 5. The van der Waals surface area contributed by atoms with Gasteiger partial charge < -0.3 is 19.9 Å². The van der Waals surface area contributed by atoms with Gasteiger partial charge in [-0.3, -0.25) is 19.4 Å². The second kappa shape index (κ2) is 9.91. The van der Waals surface area contributed by atoms with E-state index in [1.807, 2.05) is 25.1 Å². The summed E-state index contributed by atoms with van der Waals surface area (Å²) in [6, 6.07) is 16.2. The number of carbonyl (C=O) groups excluding carboxylic acids is 3. The van der Waals surface area contributed by atoms with E-state index in [1.165, 1.54) is 0 Å². The minimum atomic E-state index is -0.735. The molecule has 2 atom stereocenters. The fraction of sp³-hybridized carbons (Fsp3) is 0.308. The Bertz CT molecular complexity index is 1210. The van der Waals surface area contributed by atoms with E-state index in [0.717, 1.165) is 0 Å². The number of ether oxygens (including phenoxy) is 1. The Hall–Kier alpha value is -3.94. The van der Waals surface area contributed by atoms with Gasteiger partial charge in [0.15, 0.2) is 6.10 Å². The van der Waals surface area contributed by atoms with Crippen LogP contribution in [0, 0.1) is 0 Å². The molecule has 4 rings (SSSR count). The second-order valence-corrected chi connectivity index (χ2v) is 8.35. The highest BCUT2D eigenvalue weighted by Gasteiger charge is 2.33. The van der Waals surface area contributed by atoms with E-state index in [2.05, 4.69) is 10.3 Å². The van der Waals surface area contributed by atoms with Gasteiger partial charge in [-0.2, -0.15) is 0 Å². The van der Waals surface area contributed by atoms with Crippen LogP contribution >= 0.6 is 0 Å². The third-order valence-corrected chi connectivity index (χ3v) is 6.08. The highest BCUT2D eigenvalue weighted by molar-refractivity contribution is 6.06. The first-order valence-electron chi connectivity index (χ1n) is 11.3. The third kappa shape index (κ3) is 4.57. The topological polar surface area (TPSA) is 91.8 Å². The number of pyridine rings is 1. The first kappa shape index (κ1) is 23.2. The molecule has 1 N–H and O–H groups in total. The molecule has 8 nitrogen and oxygen atoms in total. The van der Waals surface area contributed by atoms with E-state index in [-0.39, 0.29) is 23.8 Å². The largest absolute Gasteiger partial charge is 0.480 e. The summed E-state index contributed by atoms with van der Waals surface area (Å²) in [5, 5.41) is 3.95. The molecule has 2 unspecified atom stereocenters. The Kier molecular flexibility index (Phi) is 6.77. The third-order valence-electron chi connectivity index (χ3n) is 6.08. The molecule has 2 heterocycles. The number of hydrogen-bond donors (Lipinski definition) is 1. The second-order valence-electron chi connectivity index (χ2n) is 8.35. The molecule has 3 aromatic rings. The minimum Gasteiger partial charge on any atom is -0.480 e. The Morgan fingerprint density at radius 1 is 1.03 bits per heavy atom. The van der Waals surface area contributed by atoms with E-state index in [4.69, 9.17) is 4.74 Å². The molecule has 1 saturated heterocycles. The average Bonchev–Trinajstić information content (AvgIpc) is 2.87. The number of benzene rings is 2. The standard InChI is InChI=1S/C26H28N4O4/c1-17-16-29(26(33)19-8-5-4-6-9-19)14-15-30(17)25(32)18(2)34-22-11-7-10-21-20(22)12-13-28-23(21)24(31)27-3/h4-13,17-18H,14-16H2,1-3H3,(H,27,31). The van der Waals surface area contributed by atoms with Gasteiger partial charge in [-0.15, -0.1) is 0 Å². The van der Waals surface area contributed by atoms with Crippen molar-refractivity contribution >= 4 is 28.5 Å². The van der Waals surface area contributed by atoms with Crippen LogP contribution in [0.15, 0.2) is 60.8 Å². The summed E-state index contributed by atoms with van der Waals surface area (Å²) in [5.74, 6) is 0.0529. The molecule has 176 valence electrons. The molecule has 1 fully saturated rings. The van der Waals surface area contributed by atoms with Crippen molar-refractivity contribution in [2.24, 2.45) is 0 Å². The molecule has 8 heteroatoms. The van der Waals surface area contributed by atoms with Crippen molar-refractivity contribution in [1.29, 1.82) is 0 Å². The van der Waals surface area contributed by atoms with Crippen LogP contribution in [0.4, 0.5) is 0 Å². The van der Waals surface area contributed by atoms with Crippen LogP contribution in [0.3, 0.4) is 0 Å². The predicted molar refractivity (Wildman–Crippen MR) is 129 cm³/mol. The van der Waals surface area contributed by atoms with Gasteiger partial charge >= 0.3 is 0 Å². The Labute approximate surface area is 198 Å². The van der Waals surface area contributed by atoms with Crippen molar-refractivity contribution in [2.75, 3.05) is 26.7 Å². The molecule has 0 spiro atoms. The fourth-order valence-electron chi connectivity index (χ4n) is 4.29. The van der Waals surface area contributed by atoms with Gasteiger partial charge in [-0.25, -0.2) is 0 Å². The zero-order valence-corrected chi connectivity index (χ0v) is 19.5. The molecular formula is C26H28N4O4. The van der Waals surface area contributed by atoms with Crippen LogP contribution in [0.2, 0.25) is 0 Å². The first-order chi connectivity index (χ1) is 16.4. The summed E-state index contributed by atoms with van der Waals surface area (Å²) in [6.07, 6.45) is 0.818. The quantitative estimate of drug-likeness (QED) is 0.632. The van der Waals surface area contributed by atoms with Crippen LogP contribution in [-0.2, 0) is 4.79 Å². The molecule has 3 amide bonds. The number of piperazine rings is 1. The van der Waals surface area contributed by atoms with Crippen molar-refractivity contribution in [3.63, 3.8) is 0 Å². The molecule has 2 aromatic carbocycles. The van der Waals surface area contributed by atoms with Gasteiger partial charge in [-0.1, -0.05) is 30.3 Å². The van der Waals surface area contributed by atoms with Crippen molar-refractivity contribution < 1.29 is 19.1 Å². The zero-order valence-electron chi connectivity index (χ0n) is 19.5. The van der Waals surface area contributed by atoms with Gasteiger partial charge in [0.05, 0.1) is 0 Å². The number of carbonyl (C=O) groups is 3. The lowest BCUT2D eigenvalue weighted by atomic mass is 10.1. The van der Waals surface area contributed by atoms with Gasteiger partial charge in [0.2, 0.25) is 0 Å². The van der Waals surface area contributed by atoms with Crippen LogP contribution in [0.25, 0.3) is 10.8 Å². The number of hydrogen-bond acceptors (Lipinski definition) is 5. The Balaban J connectivity index is 1.46. The molecule has 0 saturated carbocycles. The van der Waals surface area contributed by atoms with Crippen LogP contribution in [0.5, 0.6) is 5.75 Å². The minimum absolute atomic E-state index is 0.0277. The van der Waals surface area contributed by atoms with Crippen LogP contribution < -0.4 is 10.1 Å². The van der Waals surface area contributed by atoms with E-state index in [1.54, 1.807) is 66.4 Å². The van der Waals surface area contributed by atoms with Crippen molar-refractivity contribution in [1.82, 2.24) is 20.1 Å². The summed E-state index contributed by atoms with van der Waals surface area (Å²) in [6.45, 7) is 5.02. The summed E-state index contributed by atoms with van der Waals surface area (Å²) in [5.41, 5.74) is 0.949. The molecule has 1 aliphatic heterocycles. The monoisotopic (exact) mass is 460 g/mol. The number of nitrogens with one attached hydrogen (secondary N) is 1. The normalized spacial score (nSPS) is 16.7. The number of fused-ring (bicyclic) bond motifs is 1. The van der Waals surface area contributed by atoms with Crippen molar-refractivity contribution in [3.8, 4) is 5.75 Å². The van der Waals surface area contributed by atoms with Gasteiger partial charge in [0, 0.05) is 55.3 Å². The zero-order chi connectivity index (χ0) is 24.2. The number of nitrogens with zero attached hydrogens (tertiary/aromatic N) is 3. The van der Waals surface area contributed by atoms with Gasteiger partial charge in [0.25, 0.3) is 17.7 Å². The van der Waals surface area contributed by atoms with Crippen LogP contribution in [-0.4, -0.2) is 71.3 Å². The molecule has 0 bridgehead atoms. The van der Waals surface area contributed by atoms with E-state index in [0.29, 0.717) is 47.4 Å². The number of amides is 3. The first-order valence-corrected chi connectivity index (χ1v) is 11.3. The Morgan fingerprint density at radius 2 is 1.79 bits per heavy atom. The summed E-state index contributed by atoms with van der Waals surface area (Å²) < 4.78 is 6.07. The van der Waals surface area contributed by atoms with E-state index >= 15 is 0 Å². The van der Waals surface area contributed by atoms with Gasteiger partial charge in [-0.05, 0) is 38.1 Å². The predicted octanol–water partition coefficient (Wildman–Crippen LogP) is 2.73. The lowest BCUT2D eigenvalue weighted by Crippen LogP contribution is -2.57. The van der Waals surface area contributed by atoms with Crippen LogP contribution in [0.1, 0.15) is 34.7 Å². The smallest absolute Gasteiger partial charge is 0.270 e. The maximum absolute atomic E-state index is 13.2. The van der Waals surface area contributed by atoms with Crippen molar-refractivity contribution in [3.05, 3.63) is 72.1 Å². The van der Waals surface area contributed by atoms with E-state index in [9.17, 15) is 14.4 Å². The summed E-state index contributed by atoms with van der Waals surface area (Å²) in [7, 11) is 1.55. The lowest BCUT2D eigenvalue weighted by molar-refractivity contribution is -0.142. The molecule has 1 aliphatic rings. The maximum atomic E-state index is 13.2. The summed E-state index contributed by atoms with van der Waals surface area (Å²) >= 11 is 0. The highest BCUT2D eigenvalue weighted by Crippen LogP contribution is 2.28. The molecule has 0 aliphatic carbocycles. The molecule has 0 radical (unpaired) electrons. The molecule has 34 heavy (non-hydrogen) atoms. The SMILES string of the molecule is CNC(=O)c1nccc2c(OC(C)C(=O)N3CCN(C(=O)c4ccccc4)CC3C)cccc12. The van der Waals surface area contributed by atoms with E-state index < -0.39 is 6.10 Å². The average molecular weight is 461 g/mol.